The Labute approximate surface area is 117 Å². The lowest BCUT2D eigenvalue weighted by Gasteiger charge is -2.09. The molecular formula is C16H12N4. The van der Waals surface area contributed by atoms with Gasteiger partial charge in [0.25, 0.3) is 0 Å². The maximum Gasteiger partial charge on any atom is 0.148 e. The van der Waals surface area contributed by atoms with Crippen LogP contribution >= 0.6 is 0 Å². The Hall–Kier alpha value is -2.85. The number of rotatable bonds is 3. The van der Waals surface area contributed by atoms with Crippen molar-refractivity contribution in [3.8, 4) is 12.1 Å². The summed E-state index contributed by atoms with van der Waals surface area (Å²) >= 11 is 0. The third kappa shape index (κ3) is 2.46. The van der Waals surface area contributed by atoms with Crippen molar-refractivity contribution in [3.05, 3.63) is 53.2 Å². The van der Waals surface area contributed by atoms with Gasteiger partial charge in [0.15, 0.2) is 0 Å². The van der Waals surface area contributed by atoms with Crippen molar-refractivity contribution in [2.45, 2.75) is 18.8 Å². The van der Waals surface area contributed by atoms with Crippen LogP contribution in [-0.2, 0) is 0 Å². The molecule has 0 saturated heterocycles. The Morgan fingerprint density at radius 3 is 2.65 bits per heavy atom. The number of hydrogen-bond acceptors (Lipinski definition) is 4. The molecule has 0 spiro atoms. The molecule has 1 aromatic carbocycles. The van der Waals surface area contributed by atoms with Gasteiger partial charge in [-0.05, 0) is 43.2 Å². The van der Waals surface area contributed by atoms with E-state index in [-0.39, 0.29) is 0 Å². The normalized spacial score (nSPS) is 13.3. The lowest BCUT2D eigenvalue weighted by molar-refractivity contribution is 1.02. The summed E-state index contributed by atoms with van der Waals surface area (Å²) in [7, 11) is 0. The van der Waals surface area contributed by atoms with Crippen LogP contribution < -0.4 is 5.32 Å². The van der Waals surface area contributed by atoms with Gasteiger partial charge in [-0.2, -0.15) is 10.5 Å². The molecular weight excluding hydrogens is 248 g/mol. The molecule has 1 heterocycles. The van der Waals surface area contributed by atoms with Crippen LogP contribution in [0.15, 0.2) is 36.4 Å². The molecule has 1 fully saturated rings. The Balaban J connectivity index is 1.94. The highest BCUT2D eigenvalue weighted by atomic mass is 15.0. The van der Waals surface area contributed by atoms with Crippen LogP contribution in [0.5, 0.6) is 0 Å². The van der Waals surface area contributed by atoms with E-state index >= 15 is 0 Å². The molecule has 0 amide bonds. The zero-order valence-corrected chi connectivity index (χ0v) is 10.8. The quantitative estimate of drug-likeness (QED) is 0.917. The largest absolute Gasteiger partial charge is 0.339 e. The highest BCUT2D eigenvalue weighted by Gasteiger charge is 2.25. The number of aromatic nitrogens is 1. The minimum absolute atomic E-state index is 0.511. The molecule has 0 aliphatic heterocycles. The average Bonchev–Trinajstić information content (AvgIpc) is 3.32. The Morgan fingerprint density at radius 2 is 1.95 bits per heavy atom. The SMILES string of the molecule is N#Cc1cccc(Nc2nc(C3CC3)ccc2C#N)c1. The number of pyridine rings is 1. The van der Waals surface area contributed by atoms with Gasteiger partial charge in [0.2, 0.25) is 0 Å². The van der Waals surface area contributed by atoms with E-state index < -0.39 is 0 Å². The molecule has 0 radical (unpaired) electrons. The number of nitriles is 2. The van der Waals surface area contributed by atoms with Gasteiger partial charge < -0.3 is 5.32 Å². The molecule has 20 heavy (non-hydrogen) atoms. The van der Waals surface area contributed by atoms with Crippen molar-refractivity contribution < 1.29 is 0 Å². The van der Waals surface area contributed by atoms with E-state index in [0.717, 1.165) is 11.4 Å². The van der Waals surface area contributed by atoms with Gasteiger partial charge in [-0.25, -0.2) is 4.98 Å². The molecule has 1 aliphatic carbocycles. The van der Waals surface area contributed by atoms with E-state index in [4.69, 9.17) is 10.5 Å². The van der Waals surface area contributed by atoms with E-state index in [2.05, 4.69) is 22.4 Å². The molecule has 3 rings (SSSR count). The van der Waals surface area contributed by atoms with Crippen LogP contribution in [-0.4, -0.2) is 4.98 Å². The monoisotopic (exact) mass is 260 g/mol. The average molecular weight is 260 g/mol. The van der Waals surface area contributed by atoms with E-state index in [1.54, 1.807) is 24.3 Å². The summed E-state index contributed by atoms with van der Waals surface area (Å²) in [5.74, 6) is 1.10. The molecule has 2 aromatic rings. The van der Waals surface area contributed by atoms with Crippen molar-refractivity contribution in [1.82, 2.24) is 4.98 Å². The Bertz CT molecular complexity index is 733. The van der Waals surface area contributed by atoms with E-state index in [9.17, 15) is 0 Å². The number of anilines is 2. The summed E-state index contributed by atoms with van der Waals surface area (Å²) in [4.78, 5) is 4.54. The summed E-state index contributed by atoms with van der Waals surface area (Å²) in [6.07, 6.45) is 2.34. The van der Waals surface area contributed by atoms with Gasteiger partial charge in [0.05, 0.1) is 17.2 Å². The third-order valence-corrected chi connectivity index (χ3v) is 3.29. The standard InChI is InChI=1S/C16H12N4/c17-9-11-2-1-3-14(8-11)19-16-13(10-18)6-7-15(20-16)12-4-5-12/h1-3,6-8,12H,4-5H2,(H,19,20). The van der Waals surface area contributed by atoms with E-state index in [0.29, 0.717) is 22.9 Å². The van der Waals surface area contributed by atoms with Gasteiger partial charge >= 0.3 is 0 Å². The third-order valence-electron chi connectivity index (χ3n) is 3.29. The lowest BCUT2D eigenvalue weighted by Crippen LogP contribution is -1.99. The molecule has 0 atom stereocenters. The fourth-order valence-corrected chi connectivity index (χ4v) is 2.07. The predicted molar refractivity (Wildman–Crippen MR) is 75.4 cm³/mol. The number of benzene rings is 1. The first-order valence-electron chi connectivity index (χ1n) is 6.48. The highest BCUT2D eigenvalue weighted by Crippen LogP contribution is 2.39. The Morgan fingerprint density at radius 1 is 1.10 bits per heavy atom. The maximum atomic E-state index is 9.16. The van der Waals surface area contributed by atoms with Gasteiger partial charge in [0.1, 0.15) is 11.9 Å². The summed E-state index contributed by atoms with van der Waals surface area (Å²) in [5, 5.41) is 21.2. The van der Waals surface area contributed by atoms with Crippen LogP contribution in [0.3, 0.4) is 0 Å². The van der Waals surface area contributed by atoms with Crippen LogP contribution in [0.25, 0.3) is 0 Å². The molecule has 4 heteroatoms. The zero-order valence-electron chi connectivity index (χ0n) is 10.8. The van der Waals surface area contributed by atoms with Crippen molar-refractivity contribution in [2.24, 2.45) is 0 Å². The molecule has 96 valence electrons. The van der Waals surface area contributed by atoms with E-state index in [1.165, 1.54) is 12.8 Å². The number of hydrogen-bond donors (Lipinski definition) is 1. The van der Waals surface area contributed by atoms with Crippen LogP contribution in [0, 0.1) is 22.7 Å². The molecule has 1 aromatic heterocycles. The number of nitrogens with one attached hydrogen (secondary N) is 1. The van der Waals surface area contributed by atoms with Crippen molar-refractivity contribution in [1.29, 1.82) is 10.5 Å². The lowest BCUT2D eigenvalue weighted by atomic mass is 10.2. The van der Waals surface area contributed by atoms with Crippen molar-refractivity contribution in [3.63, 3.8) is 0 Å². The van der Waals surface area contributed by atoms with Gasteiger partial charge in [-0.1, -0.05) is 6.07 Å². The second-order valence-electron chi connectivity index (χ2n) is 4.84. The first-order chi connectivity index (χ1) is 9.80. The molecule has 1 saturated carbocycles. The zero-order chi connectivity index (χ0) is 13.9. The van der Waals surface area contributed by atoms with Crippen LogP contribution in [0.1, 0.15) is 35.6 Å². The molecule has 0 bridgehead atoms. The minimum atomic E-state index is 0.511. The smallest absolute Gasteiger partial charge is 0.148 e. The molecule has 4 nitrogen and oxygen atoms in total. The highest BCUT2D eigenvalue weighted by molar-refractivity contribution is 5.64. The van der Waals surface area contributed by atoms with Crippen molar-refractivity contribution >= 4 is 11.5 Å². The first-order valence-corrected chi connectivity index (χ1v) is 6.48. The minimum Gasteiger partial charge on any atom is -0.339 e. The second-order valence-corrected chi connectivity index (χ2v) is 4.84. The van der Waals surface area contributed by atoms with Crippen LogP contribution in [0.2, 0.25) is 0 Å². The number of nitrogens with zero attached hydrogens (tertiary/aromatic N) is 3. The van der Waals surface area contributed by atoms with Gasteiger partial charge in [0, 0.05) is 17.3 Å². The second kappa shape index (κ2) is 5.03. The maximum absolute atomic E-state index is 9.16. The summed E-state index contributed by atoms with van der Waals surface area (Å²) in [6.45, 7) is 0. The van der Waals surface area contributed by atoms with Gasteiger partial charge in [-0.15, -0.1) is 0 Å². The topological polar surface area (TPSA) is 72.5 Å². The van der Waals surface area contributed by atoms with E-state index in [1.807, 2.05) is 12.1 Å². The molecule has 1 aliphatic rings. The Kier molecular flexibility index (Phi) is 3.07. The summed E-state index contributed by atoms with van der Waals surface area (Å²) < 4.78 is 0. The predicted octanol–water partition coefficient (Wildman–Crippen LogP) is 3.45. The fourth-order valence-electron chi connectivity index (χ4n) is 2.07. The molecule has 1 N–H and O–H groups in total. The van der Waals surface area contributed by atoms with Crippen LogP contribution in [0.4, 0.5) is 11.5 Å². The summed E-state index contributed by atoms with van der Waals surface area (Å²) in [6, 6.07) is 15.1. The fraction of sp³-hybridized carbons (Fsp3) is 0.188. The first kappa shape index (κ1) is 12.2. The summed E-state index contributed by atoms with van der Waals surface area (Å²) in [5.41, 5.74) is 2.88. The van der Waals surface area contributed by atoms with Crippen molar-refractivity contribution in [2.75, 3.05) is 5.32 Å². The van der Waals surface area contributed by atoms with Gasteiger partial charge in [-0.3, -0.25) is 0 Å². The molecule has 0 unspecified atom stereocenters.